The molecule has 1 heterocycles. The first-order chi connectivity index (χ1) is 8.06. The van der Waals surface area contributed by atoms with E-state index in [-0.39, 0.29) is 36.5 Å². The van der Waals surface area contributed by atoms with E-state index in [0.29, 0.717) is 0 Å². The van der Waals surface area contributed by atoms with Gasteiger partial charge in [-0.1, -0.05) is 12.1 Å². The lowest BCUT2D eigenvalue weighted by molar-refractivity contribution is -0.138. The average Bonchev–Trinajstić information content (AvgIpc) is 2.59. The number of aliphatic carboxylic acids is 1. The Hall–Kier alpha value is -1.91. The lowest BCUT2D eigenvalue weighted by Gasteiger charge is -2.17. The van der Waals surface area contributed by atoms with E-state index in [2.05, 4.69) is 5.32 Å². The molecule has 1 saturated heterocycles. The minimum atomic E-state index is -0.932. The minimum absolute atomic E-state index is 0.0687. The van der Waals surface area contributed by atoms with Gasteiger partial charge in [-0.2, -0.15) is 0 Å². The van der Waals surface area contributed by atoms with Gasteiger partial charge >= 0.3 is 5.97 Å². The van der Waals surface area contributed by atoms with Gasteiger partial charge < -0.3 is 10.4 Å². The SMILES string of the molecule is O=C(O)C[C@H]1CC(=O)N[C@@H]1c1ccc(F)cc1. The van der Waals surface area contributed by atoms with E-state index in [1.165, 1.54) is 12.1 Å². The highest BCUT2D eigenvalue weighted by atomic mass is 19.1. The van der Waals surface area contributed by atoms with Crippen LogP contribution in [0.4, 0.5) is 4.39 Å². The maximum Gasteiger partial charge on any atom is 0.303 e. The normalized spacial score (nSPS) is 23.5. The number of hydrogen-bond acceptors (Lipinski definition) is 2. The zero-order valence-corrected chi connectivity index (χ0v) is 9.02. The molecule has 0 unspecified atom stereocenters. The summed E-state index contributed by atoms with van der Waals surface area (Å²) in [6.07, 6.45) is 0.134. The molecule has 2 rings (SSSR count). The van der Waals surface area contributed by atoms with Crippen LogP contribution in [0.5, 0.6) is 0 Å². The smallest absolute Gasteiger partial charge is 0.303 e. The molecule has 2 atom stereocenters. The van der Waals surface area contributed by atoms with Crippen molar-refractivity contribution < 1.29 is 19.1 Å². The molecule has 1 fully saturated rings. The molecular weight excluding hydrogens is 225 g/mol. The van der Waals surface area contributed by atoms with Crippen molar-refractivity contribution in [1.29, 1.82) is 0 Å². The number of carbonyl (C=O) groups excluding carboxylic acids is 1. The molecule has 1 aliphatic heterocycles. The number of hydrogen-bond donors (Lipinski definition) is 2. The fourth-order valence-corrected chi connectivity index (χ4v) is 2.15. The van der Waals surface area contributed by atoms with Gasteiger partial charge in [0.15, 0.2) is 0 Å². The third kappa shape index (κ3) is 2.61. The summed E-state index contributed by atoms with van der Waals surface area (Å²) in [6.45, 7) is 0. The molecule has 4 nitrogen and oxygen atoms in total. The van der Waals surface area contributed by atoms with E-state index in [1.807, 2.05) is 0 Å². The van der Waals surface area contributed by atoms with Gasteiger partial charge in [-0.25, -0.2) is 4.39 Å². The number of carbonyl (C=O) groups is 2. The highest BCUT2D eigenvalue weighted by Crippen LogP contribution is 2.32. The Kier molecular flexibility index (Phi) is 3.08. The standard InChI is InChI=1S/C12H12FNO3/c13-9-3-1-7(2-4-9)12-8(6-11(16)17)5-10(15)14-12/h1-4,8,12H,5-6H2,(H,14,15)(H,16,17)/t8-,12-/m1/s1. The number of carboxylic acids is 1. The predicted molar refractivity (Wildman–Crippen MR) is 57.6 cm³/mol. The Balaban J connectivity index is 2.20. The van der Waals surface area contributed by atoms with Crippen molar-refractivity contribution in [2.24, 2.45) is 5.92 Å². The topological polar surface area (TPSA) is 66.4 Å². The first-order valence-corrected chi connectivity index (χ1v) is 5.33. The van der Waals surface area contributed by atoms with Gasteiger partial charge in [0.1, 0.15) is 5.82 Å². The summed E-state index contributed by atoms with van der Waals surface area (Å²) in [5.74, 6) is -1.72. The quantitative estimate of drug-likeness (QED) is 0.836. The number of nitrogens with one attached hydrogen (secondary N) is 1. The Bertz CT molecular complexity index is 444. The van der Waals surface area contributed by atoms with Crippen LogP contribution in [0.15, 0.2) is 24.3 Å². The Morgan fingerprint density at radius 1 is 1.41 bits per heavy atom. The van der Waals surface area contributed by atoms with E-state index in [4.69, 9.17) is 5.11 Å². The zero-order valence-electron chi connectivity index (χ0n) is 9.02. The van der Waals surface area contributed by atoms with Crippen molar-refractivity contribution in [3.63, 3.8) is 0 Å². The number of amides is 1. The molecule has 0 saturated carbocycles. The minimum Gasteiger partial charge on any atom is -0.481 e. The monoisotopic (exact) mass is 237 g/mol. The number of benzene rings is 1. The Morgan fingerprint density at radius 2 is 2.06 bits per heavy atom. The van der Waals surface area contributed by atoms with E-state index in [0.717, 1.165) is 5.56 Å². The molecule has 0 bridgehead atoms. The van der Waals surface area contributed by atoms with Gasteiger partial charge in [0, 0.05) is 12.3 Å². The number of rotatable bonds is 3. The van der Waals surface area contributed by atoms with Gasteiger partial charge in [-0.3, -0.25) is 9.59 Å². The van der Waals surface area contributed by atoms with Crippen molar-refractivity contribution in [1.82, 2.24) is 5.32 Å². The molecule has 0 aliphatic carbocycles. The fourth-order valence-electron chi connectivity index (χ4n) is 2.15. The Morgan fingerprint density at radius 3 is 2.65 bits per heavy atom. The molecule has 1 aromatic rings. The third-order valence-electron chi connectivity index (χ3n) is 2.90. The molecule has 2 N–H and O–H groups in total. The Labute approximate surface area is 97.4 Å². The maximum atomic E-state index is 12.8. The van der Waals surface area contributed by atoms with Crippen LogP contribution in [0.25, 0.3) is 0 Å². The number of carboxylic acid groups (broad SMARTS) is 1. The first kappa shape index (κ1) is 11.6. The van der Waals surface area contributed by atoms with Crippen molar-refractivity contribution >= 4 is 11.9 Å². The van der Waals surface area contributed by atoms with Crippen LogP contribution in [0.3, 0.4) is 0 Å². The first-order valence-electron chi connectivity index (χ1n) is 5.33. The summed E-state index contributed by atoms with van der Waals surface area (Å²) >= 11 is 0. The highest BCUT2D eigenvalue weighted by Gasteiger charge is 2.34. The van der Waals surface area contributed by atoms with Crippen LogP contribution in [-0.4, -0.2) is 17.0 Å². The van der Waals surface area contributed by atoms with Crippen LogP contribution >= 0.6 is 0 Å². The van der Waals surface area contributed by atoms with Crippen molar-refractivity contribution in [3.8, 4) is 0 Å². The average molecular weight is 237 g/mol. The largest absolute Gasteiger partial charge is 0.481 e. The van der Waals surface area contributed by atoms with Crippen LogP contribution in [0, 0.1) is 11.7 Å². The molecule has 1 amide bonds. The van der Waals surface area contributed by atoms with Crippen molar-refractivity contribution in [3.05, 3.63) is 35.6 Å². The van der Waals surface area contributed by atoms with E-state index in [1.54, 1.807) is 12.1 Å². The highest BCUT2D eigenvalue weighted by molar-refractivity contribution is 5.80. The molecule has 1 aromatic carbocycles. The van der Waals surface area contributed by atoms with Crippen LogP contribution in [0.1, 0.15) is 24.4 Å². The third-order valence-corrected chi connectivity index (χ3v) is 2.90. The van der Waals surface area contributed by atoms with Crippen LogP contribution in [-0.2, 0) is 9.59 Å². The lowest BCUT2D eigenvalue weighted by Crippen LogP contribution is -2.21. The van der Waals surface area contributed by atoms with E-state index < -0.39 is 5.97 Å². The summed E-state index contributed by atoms with van der Waals surface area (Å²) < 4.78 is 12.8. The summed E-state index contributed by atoms with van der Waals surface area (Å²) in [6, 6.07) is 5.41. The molecular formula is C12H12FNO3. The summed E-state index contributed by atoms with van der Waals surface area (Å²) in [7, 11) is 0. The molecule has 0 aromatic heterocycles. The maximum absolute atomic E-state index is 12.8. The second-order valence-electron chi connectivity index (χ2n) is 4.16. The van der Waals surface area contributed by atoms with Crippen molar-refractivity contribution in [2.75, 3.05) is 0 Å². The fraction of sp³-hybridized carbons (Fsp3) is 0.333. The van der Waals surface area contributed by atoms with Gasteiger partial charge in [0.25, 0.3) is 0 Å². The molecule has 17 heavy (non-hydrogen) atoms. The lowest BCUT2D eigenvalue weighted by atomic mass is 9.91. The van der Waals surface area contributed by atoms with E-state index in [9.17, 15) is 14.0 Å². The molecule has 1 aliphatic rings. The second-order valence-corrected chi connectivity index (χ2v) is 4.16. The molecule has 5 heteroatoms. The van der Waals surface area contributed by atoms with Gasteiger partial charge in [-0.05, 0) is 17.7 Å². The van der Waals surface area contributed by atoms with Crippen LogP contribution < -0.4 is 5.32 Å². The molecule has 0 radical (unpaired) electrons. The van der Waals surface area contributed by atoms with Crippen LogP contribution in [0.2, 0.25) is 0 Å². The van der Waals surface area contributed by atoms with Gasteiger partial charge in [-0.15, -0.1) is 0 Å². The second kappa shape index (κ2) is 4.53. The van der Waals surface area contributed by atoms with Crippen molar-refractivity contribution in [2.45, 2.75) is 18.9 Å². The molecule has 90 valence electrons. The zero-order chi connectivity index (χ0) is 12.4. The van der Waals surface area contributed by atoms with E-state index >= 15 is 0 Å². The number of halogens is 1. The van der Waals surface area contributed by atoms with Gasteiger partial charge in [0.05, 0.1) is 12.5 Å². The predicted octanol–water partition coefficient (Wildman–Crippen LogP) is 1.48. The summed E-state index contributed by atoms with van der Waals surface area (Å²) in [4.78, 5) is 22.0. The molecule has 0 spiro atoms. The summed E-state index contributed by atoms with van der Waals surface area (Å²) in [5.41, 5.74) is 0.739. The van der Waals surface area contributed by atoms with Gasteiger partial charge in [0.2, 0.25) is 5.91 Å². The summed E-state index contributed by atoms with van der Waals surface area (Å²) in [5, 5.41) is 11.5.